The summed E-state index contributed by atoms with van der Waals surface area (Å²) in [7, 11) is 0. The first-order valence-corrected chi connectivity index (χ1v) is 9.73. The van der Waals surface area contributed by atoms with E-state index in [0.29, 0.717) is 19.4 Å². The second-order valence-electron chi connectivity index (χ2n) is 8.55. The summed E-state index contributed by atoms with van der Waals surface area (Å²) in [5, 5.41) is 13.1. The van der Waals surface area contributed by atoms with Crippen LogP contribution in [-0.2, 0) is 20.9 Å². The summed E-state index contributed by atoms with van der Waals surface area (Å²) in [4.78, 5) is 27.5. The summed E-state index contributed by atoms with van der Waals surface area (Å²) in [6.07, 6.45) is 2.10. The van der Waals surface area contributed by atoms with E-state index in [1.54, 1.807) is 4.90 Å². The number of carbonyl (C=O) groups excluding carboxylic acids is 2. The van der Waals surface area contributed by atoms with Gasteiger partial charge in [-0.2, -0.15) is 0 Å². The van der Waals surface area contributed by atoms with Gasteiger partial charge in [0.15, 0.2) is 0 Å². The van der Waals surface area contributed by atoms with E-state index in [1.165, 1.54) is 0 Å². The number of piperidine rings is 1. The molecule has 2 aliphatic heterocycles. The molecular formula is C21H30N2O4. The minimum atomic E-state index is -0.577. The van der Waals surface area contributed by atoms with Gasteiger partial charge in [-0.1, -0.05) is 30.3 Å². The van der Waals surface area contributed by atoms with Gasteiger partial charge in [0.1, 0.15) is 11.6 Å². The fraction of sp³-hybridized carbons (Fsp3) is 0.619. The molecule has 2 fully saturated rings. The molecule has 0 saturated carbocycles. The third-order valence-corrected chi connectivity index (χ3v) is 5.35. The lowest BCUT2D eigenvalue weighted by Crippen LogP contribution is -2.61. The highest BCUT2D eigenvalue weighted by Crippen LogP contribution is 2.36. The molecule has 1 aromatic carbocycles. The molecule has 0 aromatic heterocycles. The Balaban J connectivity index is 1.73. The Hall–Kier alpha value is -1.92. The molecule has 0 radical (unpaired) electrons. The van der Waals surface area contributed by atoms with Crippen LogP contribution >= 0.6 is 0 Å². The standard InChI is InChI=1S/C21H30N2O4/c1-21(2,3)27-20(26)17-10-9-16-11-15(13-24)18(19(25)23(16)17)22-12-14-7-5-4-6-8-14/h4-8,15-18,22,24H,9-13H2,1-3H3/t15-,16-,17+,18+/m1/s1. The molecule has 148 valence electrons. The van der Waals surface area contributed by atoms with Crippen molar-refractivity contribution in [2.24, 2.45) is 5.92 Å². The molecule has 0 aliphatic carbocycles. The summed E-state index contributed by atoms with van der Waals surface area (Å²) in [5.74, 6) is -0.572. The number of hydrogen-bond donors (Lipinski definition) is 2. The fourth-order valence-electron chi connectivity index (χ4n) is 4.15. The van der Waals surface area contributed by atoms with E-state index in [2.05, 4.69) is 5.32 Å². The Morgan fingerprint density at radius 2 is 1.96 bits per heavy atom. The van der Waals surface area contributed by atoms with Crippen LogP contribution in [0.15, 0.2) is 30.3 Å². The van der Waals surface area contributed by atoms with Crippen molar-refractivity contribution in [3.8, 4) is 0 Å². The van der Waals surface area contributed by atoms with Gasteiger partial charge in [-0.3, -0.25) is 4.79 Å². The third kappa shape index (κ3) is 4.50. The SMILES string of the molecule is CC(C)(C)OC(=O)[C@@H]1CC[C@@H]2C[C@H](CO)[C@H](NCc3ccccc3)C(=O)N21. The molecular weight excluding hydrogens is 344 g/mol. The van der Waals surface area contributed by atoms with Crippen molar-refractivity contribution in [3.05, 3.63) is 35.9 Å². The first kappa shape index (κ1) is 19.8. The Labute approximate surface area is 160 Å². The van der Waals surface area contributed by atoms with E-state index in [-0.39, 0.29) is 30.4 Å². The smallest absolute Gasteiger partial charge is 0.329 e. The van der Waals surface area contributed by atoms with Gasteiger partial charge >= 0.3 is 5.97 Å². The predicted octanol–water partition coefficient (Wildman–Crippen LogP) is 1.86. The van der Waals surface area contributed by atoms with E-state index < -0.39 is 17.7 Å². The minimum absolute atomic E-state index is 0.00180. The van der Waals surface area contributed by atoms with Crippen LogP contribution in [0.2, 0.25) is 0 Å². The van der Waals surface area contributed by atoms with E-state index in [9.17, 15) is 14.7 Å². The maximum Gasteiger partial charge on any atom is 0.329 e. The number of benzene rings is 1. The molecule has 3 rings (SSSR count). The zero-order valence-electron chi connectivity index (χ0n) is 16.4. The molecule has 2 aliphatic rings. The maximum atomic E-state index is 13.2. The summed E-state index contributed by atoms with van der Waals surface area (Å²) < 4.78 is 5.53. The molecule has 6 heteroatoms. The van der Waals surface area contributed by atoms with Crippen LogP contribution in [-0.4, -0.2) is 52.2 Å². The number of nitrogens with one attached hydrogen (secondary N) is 1. The second kappa shape index (κ2) is 7.98. The Morgan fingerprint density at radius 3 is 2.59 bits per heavy atom. The van der Waals surface area contributed by atoms with E-state index in [1.807, 2.05) is 51.1 Å². The molecule has 2 heterocycles. The van der Waals surface area contributed by atoms with E-state index in [0.717, 1.165) is 12.0 Å². The van der Waals surface area contributed by atoms with E-state index in [4.69, 9.17) is 4.74 Å². The molecule has 0 unspecified atom stereocenters. The highest BCUT2D eigenvalue weighted by molar-refractivity contribution is 5.89. The van der Waals surface area contributed by atoms with Crippen molar-refractivity contribution in [3.63, 3.8) is 0 Å². The van der Waals surface area contributed by atoms with Crippen LogP contribution in [0.5, 0.6) is 0 Å². The average Bonchev–Trinajstić information content (AvgIpc) is 3.04. The van der Waals surface area contributed by atoms with Crippen molar-refractivity contribution in [1.82, 2.24) is 10.2 Å². The molecule has 1 aromatic rings. The first-order valence-electron chi connectivity index (χ1n) is 9.73. The molecule has 2 N–H and O–H groups in total. The van der Waals surface area contributed by atoms with Gasteiger partial charge in [0, 0.05) is 25.1 Å². The number of fused-ring (bicyclic) bond motifs is 1. The number of aliphatic hydroxyl groups is 1. The van der Waals surface area contributed by atoms with Gasteiger partial charge in [-0.25, -0.2) is 4.79 Å². The van der Waals surface area contributed by atoms with Gasteiger partial charge < -0.3 is 20.1 Å². The molecule has 6 nitrogen and oxygen atoms in total. The van der Waals surface area contributed by atoms with Crippen molar-refractivity contribution < 1.29 is 19.4 Å². The van der Waals surface area contributed by atoms with Gasteiger partial charge in [-0.05, 0) is 45.6 Å². The van der Waals surface area contributed by atoms with Crippen molar-refractivity contribution in [2.75, 3.05) is 6.61 Å². The van der Waals surface area contributed by atoms with Crippen LogP contribution in [0.1, 0.15) is 45.6 Å². The molecule has 0 bridgehead atoms. The van der Waals surface area contributed by atoms with Crippen LogP contribution in [0.3, 0.4) is 0 Å². The molecule has 0 spiro atoms. The first-order chi connectivity index (χ1) is 12.8. The van der Waals surface area contributed by atoms with Crippen molar-refractivity contribution in [2.45, 2.75) is 70.3 Å². The average molecular weight is 374 g/mol. The number of aliphatic hydroxyl groups excluding tert-OH is 1. The number of ether oxygens (including phenoxy) is 1. The zero-order chi connectivity index (χ0) is 19.6. The maximum absolute atomic E-state index is 13.2. The number of amides is 1. The molecule has 2 saturated heterocycles. The number of esters is 1. The molecule has 1 amide bonds. The number of hydrogen-bond acceptors (Lipinski definition) is 5. The Kier molecular flexibility index (Phi) is 5.86. The normalized spacial score (nSPS) is 28.1. The van der Waals surface area contributed by atoms with Crippen LogP contribution < -0.4 is 5.32 Å². The highest BCUT2D eigenvalue weighted by Gasteiger charge is 2.50. The summed E-state index contributed by atoms with van der Waals surface area (Å²) >= 11 is 0. The number of carbonyl (C=O) groups is 2. The van der Waals surface area contributed by atoms with Gasteiger partial charge in [0.25, 0.3) is 0 Å². The van der Waals surface area contributed by atoms with Crippen molar-refractivity contribution in [1.29, 1.82) is 0 Å². The zero-order valence-corrected chi connectivity index (χ0v) is 16.4. The van der Waals surface area contributed by atoms with Gasteiger partial charge in [-0.15, -0.1) is 0 Å². The van der Waals surface area contributed by atoms with Crippen molar-refractivity contribution >= 4 is 11.9 Å². The van der Waals surface area contributed by atoms with Gasteiger partial charge in [0.05, 0.1) is 6.04 Å². The predicted molar refractivity (Wildman–Crippen MR) is 102 cm³/mol. The summed E-state index contributed by atoms with van der Waals surface area (Å²) in [5.41, 5.74) is 0.501. The van der Waals surface area contributed by atoms with Crippen LogP contribution in [0.4, 0.5) is 0 Å². The Morgan fingerprint density at radius 1 is 1.26 bits per heavy atom. The third-order valence-electron chi connectivity index (χ3n) is 5.35. The summed E-state index contributed by atoms with van der Waals surface area (Å²) in [6, 6.07) is 8.84. The quantitative estimate of drug-likeness (QED) is 0.769. The largest absolute Gasteiger partial charge is 0.458 e. The minimum Gasteiger partial charge on any atom is -0.458 e. The van der Waals surface area contributed by atoms with E-state index >= 15 is 0 Å². The van der Waals surface area contributed by atoms with Crippen LogP contribution in [0.25, 0.3) is 0 Å². The summed E-state index contributed by atoms with van der Waals surface area (Å²) in [6.45, 7) is 6.01. The fourth-order valence-corrected chi connectivity index (χ4v) is 4.15. The molecule has 27 heavy (non-hydrogen) atoms. The lowest BCUT2D eigenvalue weighted by atomic mass is 9.86. The highest BCUT2D eigenvalue weighted by atomic mass is 16.6. The lowest BCUT2D eigenvalue weighted by Gasteiger charge is -2.42. The topological polar surface area (TPSA) is 78.9 Å². The lowest BCUT2D eigenvalue weighted by molar-refractivity contribution is -0.166. The number of nitrogens with zero attached hydrogens (tertiary/aromatic N) is 1. The monoisotopic (exact) mass is 374 g/mol. The Bertz CT molecular complexity index is 671. The number of rotatable bonds is 5. The second-order valence-corrected chi connectivity index (χ2v) is 8.55. The van der Waals surface area contributed by atoms with Gasteiger partial charge in [0.2, 0.25) is 5.91 Å². The molecule has 4 atom stereocenters. The van der Waals surface area contributed by atoms with Crippen LogP contribution in [0, 0.1) is 5.92 Å².